The van der Waals surface area contributed by atoms with Gasteiger partial charge in [-0.15, -0.1) is 0 Å². The molecule has 4 aromatic rings. The summed E-state index contributed by atoms with van der Waals surface area (Å²) in [5.41, 5.74) is 9.18. The maximum absolute atomic E-state index is 13.3. The van der Waals surface area contributed by atoms with Crippen LogP contribution < -0.4 is 10.6 Å². The van der Waals surface area contributed by atoms with Gasteiger partial charge in [-0.3, -0.25) is 9.59 Å². The van der Waals surface area contributed by atoms with E-state index in [1.54, 1.807) is 79.4 Å². The molecule has 2 aromatic carbocycles. The highest BCUT2D eigenvalue weighted by Gasteiger charge is 2.19. The van der Waals surface area contributed by atoms with E-state index in [0.29, 0.717) is 16.8 Å². The molecule has 0 aliphatic rings. The van der Waals surface area contributed by atoms with Crippen LogP contribution in [0.25, 0.3) is 16.6 Å². The van der Waals surface area contributed by atoms with E-state index in [9.17, 15) is 14.4 Å². The van der Waals surface area contributed by atoms with Crippen LogP contribution in [0.5, 0.6) is 0 Å². The molecule has 2 N–H and O–H groups in total. The number of aromatic nitrogens is 2. The standard InChI is InChI=1S/C25H21ClN4O4/c1-3-34-25(33)19-13-18(8-9-21(19)26)29(2)24(32)17-10-11-30-22(12-17)20(14-28-30)15-4-6-16(7-5-15)23(27)31/h4-14H,3H2,1-2H3,(H2,27,31). The van der Waals surface area contributed by atoms with Crippen molar-refractivity contribution in [3.63, 3.8) is 0 Å². The predicted octanol–water partition coefficient (Wildman–Crippen LogP) is 4.21. The lowest BCUT2D eigenvalue weighted by Crippen LogP contribution is -2.26. The quantitative estimate of drug-likeness (QED) is 0.419. The van der Waals surface area contributed by atoms with E-state index in [0.717, 1.165) is 16.6 Å². The molecule has 0 saturated heterocycles. The average Bonchev–Trinajstić information content (AvgIpc) is 3.27. The van der Waals surface area contributed by atoms with Gasteiger partial charge >= 0.3 is 5.97 Å². The molecule has 2 heterocycles. The van der Waals surface area contributed by atoms with Crippen molar-refractivity contribution >= 4 is 40.6 Å². The summed E-state index contributed by atoms with van der Waals surface area (Å²) in [6.07, 6.45) is 3.39. The third-order valence-corrected chi connectivity index (χ3v) is 5.72. The highest BCUT2D eigenvalue weighted by atomic mass is 35.5. The molecule has 172 valence electrons. The lowest BCUT2D eigenvalue weighted by atomic mass is 10.0. The van der Waals surface area contributed by atoms with Gasteiger partial charge in [0.1, 0.15) is 0 Å². The summed E-state index contributed by atoms with van der Waals surface area (Å²) in [5.74, 6) is -1.34. The number of nitrogens with zero attached hydrogens (tertiary/aromatic N) is 3. The molecular weight excluding hydrogens is 456 g/mol. The number of hydrogen-bond acceptors (Lipinski definition) is 5. The molecule has 0 bridgehead atoms. The van der Waals surface area contributed by atoms with E-state index < -0.39 is 11.9 Å². The Bertz CT molecular complexity index is 1410. The SMILES string of the molecule is CCOC(=O)c1cc(N(C)C(=O)c2ccn3ncc(-c4ccc(C(N)=O)cc4)c3c2)ccc1Cl. The number of anilines is 1. The van der Waals surface area contributed by atoms with Crippen molar-refractivity contribution in [2.24, 2.45) is 5.73 Å². The van der Waals surface area contributed by atoms with Crippen molar-refractivity contribution in [1.29, 1.82) is 0 Å². The molecule has 2 amide bonds. The fraction of sp³-hybridized carbons (Fsp3) is 0.120. The highest BCUT2D eigenvalue weighted by molar-refractivity contribution is 6.33. The zero-order valence-electron chi connectivity index (χ0n) is 18.5. The number of fused-ring (bicyclic) bond motifs is 1. The van der Waals surface area contributed by atoms with Gasteiger partial charge in [-0.2, -0.15) is 5.10 Å². The number of benzene rings is 2. The largest absolute Gasteiger partial charge is 0.462 e. The van der Waals surface area contributed by atoms with E-state index in [4.69, 9.17) is 22.1 Å². The summed E-state index contributed by atoms with van der Waals surface area (Å²) >= 11 is 6.14. The summed E-state index contributed by atoms with van der Waals surface area (Å²) in [6, 6.07) is 15.0. The zero-order chi connectivity index (χ0) is 24.4. The van der Waals surface area contributed by atoms with Crippen LogP contribution in [0.4, 0.5) is 5.69 Å². The third kappa shape index (κ3) is 4.35. The van der Waals surface area contributed by atoms with Crippen LogP contribution >= 0.6 is 11.6 Å². The van der Waals surface area contributed by atoms with Gasteiger partial charge in [0.05, 0.1) is 28.9 Å². The first-order valence-electron chi connectivity index (χ1n) is 10.4. The Hall–Kier alpha value is -4.17. The van der Waals surface area contributed by atoms with Gasteiger partial charge in [0.2, 0.25) is 5.91 Å². The smallest absolute Gasteiger partial charge is 0.339 e. The summed E-state index contributed by atoms with van der Waals surface area (Å²) in [5, 5.41) is 4.59. The normalized spacial score (nSPS) is 10.8. The number of nitrogens with two attached hydrogens (primary N) is 1. The van der Waals surface area contributed by atoms with Gasteiger partial charge in [-0.25, -0.2) is 9.31 Å². The van der Waals surface area contributed by atoms with E-state index in [1.165, 1.54) is 11.0 Å². The number of hydrogen-bond donors (Lipinski definition) is 1. The molecule has 0 fully saturated rings. The molecule has 0 spiro atoms. The van der Waals surface area contributed by atoms with Crippen LogP contribution in [0.2, 0.25) is 5.02 Å². The molecule has 0 unspecified atom stereocenters. The fourth-order valence-corrected chi connectivity index (χ4v) is 3.74. The van der Waals surface area contributed by atoms with E-state index >= 15 is 0 Å². The summed E-state index contributed by atoms with van der Waals surface area (Å²) < 4.78 is 6.70. The minimum absolute atomic E-state index is 0.189. The Morgan fingerprint density at radius 1 is 1.06 bits per heavy atom. The zero-order valence-corrected chi connectivity index (χ0v) is 19.2. The van der Waals surface area contributed by atoms with Crippen molar-refractivity contribution in [3.05, 3.63) is 88.7 Å². The first-order valence-corrected chi connectivity index (χ1v) is 10.8. The lowest BCUT2D eigenvalue weighted by molar-refractivity contribution is 0.0526. The number of carbonyl (C=O) groups is 3. The molecule has 9 heteroatoms. The Labute approximate surface area is 200 Å². The third-order valence-electron chi connectivity index (χ3n) is 5.39. The van der Waals surface area contributed by atoms with Crippen molar-refractivity contribution in [2.45, 2.75) is 6.92 Å². The molecule has 0 aliphatic carbocycles. The van der Waals surface area contributed by atoms with E-state index in [-0.39, 0.29) is 23.1 Å². The topological polar surface area (TPSA) is 107 Å². The van der Waals surface area contributed by atoms with Gasteiger partial charge in [0, 0.05) is 35.6 Å². The molecule has 8 nitrogen and oxygen atoms in total. The minimum Gasteiger partial charge on any atom is -0.462 e. The highest BCUT2D eigenvalue weighted by Crippen LogP contribution is 2.28. The van der Waals surface area contributed by atoms with Gasteiger partial charge < -0.3 is 15.4 Å². The number of amides is 2. The number of carbonyl (C=O) groups excluding carboxylic acids is 3. The molecule has 0 radical (unpaired) electrons. The van der Waals surface area contributed by atoms with Crippen LogP contribution in [0, 0.1) is 0 Å². The minimum atomic E-state index is -0.553. The molecule has 2 aromatic heterocycles. The van der Waals surface area contributed by atoms with Gasteiger partial charge in [0.25, 0.3) is 5.91 Å². The molecular formula is C25H21ClN4O4. The van der Waals surface area contributed by atoms with Crippen LogP contribution in [0.1, 0.15) is 38.0 Å². The van der Waals surface area contributed by atoms with Crippen molar-refractivity contribution in [1.82, 2.24) is 9.61 Å². The molecule has 4 rings (SSSR count). The first kappa shape index (κ1) is 23.0. The summed E-state index contributed by atoms with van der Waals surface area (Å²) in [6.45, 7) is 1.92. The van der Waals surface area contributed by atoms with Gasteiger partial charge in [-0.1, -0.05) is 23.7 Å². The Balaban J connectivity index is 1.67. The van der Waals surface area contributed by atoms with E-state index in [2.05, 4.69) is 5.10 Å². The maximum Gasteiger partial charge on any atom is 0.339 e. The van der Waals surface area contributed by atoms with Gasteiger partial charge in [-0.05, 0) is 55.0 Å². The number of esters is 1. The van der Waals surface area contributed by atoms with Crippen molar-refractivity contribution in [3.8, 4) is 11.1 Å². The van der Waals surface area contributed by atoms with Gasteiger partial charge in [0.15, 0.2) is 0 Å². The predicted molar refractivity (Wildman–Crippen MR) is 129 cm³/mol. The number of rotatable bonds is 6. The monoisotopic (exact) mass is 476 g/mol. The number of pyridine rings is 1. The fourth-order valence-electron chi connectivity index (χ4n) is 3.55. The van der Waals surface area contributed by atoms with Crippen LogP contribution in [-0.2, 0) is 4.74 Å². The first-order chi connectivity index (χ1) is 16.3. The molecule has 0 atom stereocenters. The summed E-state index contributed by atoms with van der Waals surface area (Å²) in [4.78, 5) is 38.2. The van der Waals surface area contributed by atoms with Crippen molar-refractivity contribution in [2.75, 3.05) is 18.6 Å². The van der Waals surface area contributed by atoms with Crippen molar-refractivity contribution < 1.29 is 19.1 Å². The van der Waals surface area contributed by atoms with Crippen LogP contribution in [-0.4, -0.2) is 41.1 Å². The Morgan fingerprint density at radius 3 is 2.47 bits per heavy atom. The maximum atomic E-state index is 13.3. The Kier molecular flexibility index (Phi) is 6.34. The molecule has 0 aliphatic heterocycles. The average molecular weight is 477 g/mol. The summed E-state index contributed by atoms with van der Waals surface area (Å²) in [7, 11) is 1.62. The second-order valence-electron chi connectivity index (χ2n) is 7.49. The lowest BCUT2D eigenvalue weighted by Gasteiger charge is -2.19. The molecule has 0 saturated carbocycles. The second kappa shape index (κ2) is 9.36. The molecule has 34 heavy (non-hydrogen) atoms. The Morgan fingerprint density at radius 2 is 1.79 bits per heavy atom. The van der Waals surface area contributed by atoms with Crippen LogP contribution in [0.3, 0.4) is 0 Å². The number of primary amides is 1. The van der Waals surface area contributed by atoms with E-state index in [1.807, 2.05) is 0 Å². The second-order valence-corrected chi connectivity index (χ2v) is 7.90. The number of ether oxygens (including phenoxy) is 1. The van der Waals surface area contributed by atoms with Crippen LogP contribution in [0.15, 0.2) is 67.0 Å². The number of halogens is 1.